The molecule has 3 aromatic carbocycles. The number of halogens is 2. The van der Waals surface area contributed by atoms with Crippen LogP contribution in [0.1, 0.15) is 49.8 Å². The van der Waals surface area contributed by atoms with Crippen LogP contribution in [0.25, 0.3) is 0 Å². The Morgan fingerprint density at radius 1 is 1.04 bits per heavy atom. The Bertz CT molecular complexity index is 1570. The number of benzene rings is 3. The molecule has 1 heterocycles. The standard InChI is InChI=1S/C34H41ClFN3O5S/c1-22(2)32(24-13-15-26(35)16-14-24)33(38-34(41)44-4)31(40)19-25-9-8-12-30(36)29(25)18-17-27-21-37-20-23(3)39(27)45(42,43)28-10-6-5-7-11-28/h5-16,22-23,27,32-33,37H,17-21H2,1-4H3,(H,38,41)/t23-,27-,32+,33+/m0/s1. The summed E-state index contributed by atoms with van der Waals surface area (Å²) in [5.74, 6) is -1.23. The summed E-state index contributed by atoms with van der Waals surface area (Å²) in [6.45, 7) is 6.69. The Morgan fingerprint density at radius 2 is 1.73 bits per heavy atom. The number of ketones is 1. The highest BCUT2D eigenvalue weighted by Gasteiger charge is 2.38. The number of Topliss-reactive ketones (excluding diaryl/α,β-unsaturated/α-hetero) is 1. The quantitative estimate of drug-likeness (QED) is 0.258. The molecule has 1 fully saturated rings. The third kappa shape index (κ3) is 8.30. The third-order valence-electron chi connectivity index (χ3n) is 8.38. The number of nitrogens with one attached hydrogen (secondary N) is 2. The van der Waals surface area contributed by atoms with Gasteiger partial charge in [-0.2, -0.15) is 4.31 Å². The topological polar surface area (TPSA) is 105 Å². The normalized spacial score (nSPS) is 18.7. The van der Waals surface area contributed by atoms with E-state index in [0.29, 0.717) is 35.7 Å². The fourth-order valence-electron chi connectivity index (χ4n) is 6.24. The van der Waals surface area contributed by atoms with Crippen molar-refractivity contribution in [1.29, 1.82) is 0 Å². The summed E-state index contributed by atoms with van der Waals surface area (Å²) in [6.07, 6.45) is -0.320. The van der Waals surface area contributed by atoms with E-state index in [1.165, 1.54) is 17.5 Å². The molecule has 0 unspecified atom stereocenters. The number of hydrogen-bond donors (Lipinski definition) is 2. The maximum atomic E-state index is 15.4. The molecule has 45 heavy (non-hydrogen) atoms. The van der Waals surface area contributed by atoms with Gasteiger partial charge in [0.2, 0.25) is 10.0 Å². The lowest BCUT2D eigenvalue weighted by Gasteiger charge is -2.40. The molecular formula is C34H41ClFN3O5S. The van der Waals surface area contributed by atoms with Gasteiger partial charge in [-0.1, -0.05) is 67.9 Å². The number of sulfonamides is 1. The lowest BCUT2D eigenvalue weighted by Crippen LogP contribution is -2.58. The van der Waals surface area contributed by atoms with Crippen LogP contribution in [0.5, 0.6) is 0 Å². The van der Waals surface area contributed by atoms with E-state index in [0.717, 1.165) is 5.56 Å². The molecule has 4 atom stereocenters. The summed E-state index contributed by atoms with van der Waals surface area (Å²) in [4.78, 5) is 26.6. The SMILES string of the molecule is COC(=O)N[C@H](C(=O)Cc1cccc(F)c1CC[C@H]1CNC[C@H](C)N1S(=O)(=O)c1ccccc1)[C@@H](c1ccc(Cl)cc1)C(C)C. The zero-order valence-corrected chi connectivity index (χ0v) is 27.6. The fraction of sp³-hybridized carbons (Fsp3) is 0.412. The summed E-state index contributed by atoms with van der Waals surface area (Å²) in [5.41, 5.74) is 1.66. The van der Waals surface area contributed by atoms with Crippen LogP contribution >= 0.6 is 11.6 Å². The first kappa shape index (κ1) is 34.6. The van der Waals surface area contributed by atoms with Gasteiger partial charge in [-0.3, -0.25) is 4.79 Å². The number of carbonyl (C=O) groups is 2. The highest BCUT2D eigenvalue weighted by molar-refractivity contribution is 7.89. The smallest absolute Gasteiger partial charge is 0.407 e. The molecule has 11 heteroatoms. The van der Waals surface area contributed by atoms with Crippen LogP contribution in [-0.4, -0.2) is 62.9 Å². The third-order valence-corrected chi connectivity index (χ3v) is 10.7. The second-order valence-corrected chi connectivity index (χ2v) is 14.1. The lowest BCUT2D eigenvalue weighted by molar-refractivity contribution is -0.121. The molecule has 1 aliphatic heterocycles. The first-order valence-corrected chi connectivity index (χ1v) is 16.9. The van der Waals surface area contributed by atoms with E-state index in [1.54, 1.807) is 54.6 Å². The number of ether oxygens (including phenoxy) is 1. The van der Waals surface area contributed by atoms with Gasteiger partial charge in [0.05, 0.1) is 18.0 Å². The molecule has 0 aromatic heterocycles. The van der Waals surface area contributed by atoms with Gasteiger partial charge in [0.25, 0.3) is 0 Å². The van der Waals surface area contributed by atoms with Crippen molar-refractivity contribution < 1.29 is 27.1 Å². The average Bonchev–Trinajstić information content (AvgIpc) is 3.01. The molecule has 0 spiro atoms. The average molecular weight is 658 g/mol. The minimum atomic E-state index is -3.79. The van der Waals surface area contributed by atoms with Crippen LogP contribution in [0.3, 0.4) is 0 Å². The first-order valence-electron chi connectivity index (χ1n) is 15.1. The zero-order chi connectivity index (χ0) is 32.7. The molecule has 3 aromatic rings. The molecule has 242 valence electrons. The van der Waals surface area contributed by atoms with E-state index < -0.39 is 39.9 Å². The van der Waals surface area contributed by atoms with E-state index in [4.69, 9.17) is 16.3 Å². The maximum absolute atomic E-state index is 15.4. The van der Waals surface area contributed by atoms with Gasteiger partial charge in [0, 0.05) is 42.5 Å². The Hall–Kier alpha value is -3.31. The minimum absolute atomic E-state index is 0.0531. The van der Waals surface area contributed by atoms with Crippen molar-refractivity contribution in [3.05, 3.63) is 100 Å². The van der Waals surface area contributed by atoms with Crippen LogP contribution < -0.4 is 10.6 Å². The number of carbonyl (C=O) groups excluding carboxylic acids is 2. The molecule has 2 N–H and O–H groups in total. The van der Waals surface area contributed by atoms with Crippen LogP contribution in [0, 0.1) is 11.7 Å². The lowest BCUT2D eigenvalue weighted by atomic mass is 9.79. The molecule has 0 saturated carbocycles. The molecule has 4 rings (SSSR count). The largest absolute Gasteiger partial charge is 0.453 e. The molecular weight excluding hydrogens is 617 g/mol. The number of hydrogen-bond acceptors (Lipinski definition) is 6. The van der Waals surface area contributed by atoms with Gasteiger partial charge in [-0.15, -0.1) is 0 Å². The Balaban J connectivity index is 1.60. The summed E-state index contributed by atoms with van der Waals surface area (Å²) < 4.78 is 49.1. The molecule has 8 nitrogen and oxygen atoms in total. The van der Waals surface area contributed by atoms with E-state index in [1.807, 2.05) is 32.9 Å². The van der Waals surface area contributed by atoms with Crippen molar-refractivity contribution in [3.63, 3.8) is 0 Å². The van der Waals surface area contributed by atoms with E-state index in [9.17, 15) is 18.0 Å². The van der Waals surface area contributed by atoms with Gasteiger partial charge >= 0.3 is 6.09 Å². The van der Waals surface area contributed by atoms with Crippen molar-refractivity contribution in [1.82, 2.24) is 14.9 Å². The van der Waals surface area contributed by atoms with Crippen molar-refractivity contribution in [2.45, 2.75) is 69.0 Å². The van der Waals surface area contributed by atoms with Gasteiger partial charge in [-0.05, 0) is 72.7 Å². The van der Waals surface area contributed by atoms with Crippen LogP contribution in [0.15, 0.2) is 77.7 Å². The Labute approximate surface area is 270 Å². The summed E-state index contributed by atoms with van der Waals surface area (Å²) in [6, 6.07) is 18.4. The first-order chi connectivity index (χ1) is 21.4. The molecule has 0 radical (unpaired) electrons. The highest BCUT2D eigenvalue weighted by atomic mass is 35.5. The van der Waals surface area contributed by atoms with E-state index in [-0.39, 0.29) is 35.5 Å². The molecule has 0 bridgehead atoms. The predicted molar refractivity (Wildman–Crippen MR) is 173 cm³/mol. The number of piperazine rings is 1. The number of nitrogens with zero attached hydrogens (tertiary/aromatic N) is 1. The predicted octanol–water partition coefficient (Wildman–Crippen LogP) is 5.74. The second kappa shape index (κ2) is 15.3. The highest BCUT2D eigenvalue weighted by Crippen LogP contribution is 2.31. The molecule has 1 aliphatic rings. The number of amides is 1. The number of methoxy groups -OCH3 is 1. The molecule has 1 amide bonds. The van der Waals surface area contributed by atoms with Crippen molar-refractivity contribution >= 4 is 33.5 Å². The monoisotopic (exact) mass is 657 g/mol. The minimum Gasteiger partial charge on any atom is -0.453 e. The van der Waals surface area contributed by atoms with Crippen LogP contribution in [0.4, 0.5) is 9.18 Å². The van der Waals surface area contributed by atoms with E-state index >= 15 is 4.39 Å². The maximum Gasteiger partial charge on any atom is 0.407 e. The van der Waals surface area contributed by atoms with Crippen molar-refractivity contribution in [2.24, 2.45) is 5.92 Å². The van der Waals surface area contributed by atoms with Crippen molar-refractivity contribution in [3.8, 4) is 0 Å². The van der Waals surface area contributed by atoms with Gasteiger partial charge in [0.1, 0.15) is 5.82 Å². The number of rotatable bonds is 12. The molecule has 0 aliphatic carbocycles. The summed E-state index contributed by atoms with van der Waals surface area (Å²) >= 11 is 6.11. The van der Waals surface area contributed by atoms with Gasteiger partial charge in [-0.25, -0.2) is 17.6 Å². The number of alkyl carbamates (subject to hydrolysis) is 1. The summed E-state index contributed by atoms with van der Waals surface area (Å²) in [7, 11) is -2.56. The summed E-state index contributed by atoms with van der Waals surface area (Å²) in [5, 5.41) is 6.57. The fourth-order valence-corrected chi connectivity index (χ4v) is 8.23. The van der Waals surface area contributed by atoms with Crippen LogP contribution in [-0.2, 0) is 32.4 Å². The Morgan fingerprint density at radius 3 is 2.38 bits per heavy atom. The van der Waals surface area contributed by atoms with Crippen molar-refractivity contribution in [2.75, 3.05) is 20.2 Å². The van der Waals surface area contributed by atoms with Gasteiger partial charge in [0.15, 0.2) is 5.78 Å². The zero-order valence-electron chi connectivity index (χ0n) is 26.0. The van der Waals surface area contributed by atoms with E-state index in [2.05, 4.69) is 10.6 Å². The second-order valence-electron chi connectivity index (χ2n) is 11.8. The van der Waals surface area contributed by atoms with Gasteiger partial charge < -0.3 is 15.4 Å². The molecule has 1 saturated heterocycles. The Kier molecular flexibility index (Phi) is 11.8. The van der Waals surface area contributed by atoms with Crippen LogP contribution in [0.2, 0.25) is 5.02 Å².